The molecule has 0 heterocycles. The van der Waals surface area contributed by atoms with E-state index in [0.717, 1.165) is 32.1 Å². The van der Waals surface area contributed by atoms with Crippen LogP contribution >= 0.6 is 0 Å². The van der Waals surface area contributed by atoms with E-state index in [2.05, 4.69) is 0 Å². The Kier molecular flexibility index (Phi) is 5.14. The molecule has 0 bridgehead atoms. The Morgan fingerprint density at radius 1 is 1.15 bits per heavy atom. The van der Waals surface area contributed by atoms with E-state index in [1.165, 1.54) is 25.5 Å². The van der Waals surface area contributed by atoms with Gasteiger partial charge in [0.25, 0.3) is 0 Å². The zero-order valence-corrected chi connectivity index (χ0v) is 13.6. The molecule has 0 amide bonds. The van der Waals surface area contributed by atoms with Crippen LogP contribution < -0.4 is 5.73 Å². The van der Waals surface area contributed by atoms with Gasteiger partial charge < -0.3 is 10.5 Å². The lowest BCUT2D eigenvalue weighted by Gasteiger charge is -2.45. The standard InChI is InChI=1S/C15H29NO3S/c1-19-15(9-4-3-5-10-15)14(16)12-7-6-8-13(11-12)20(2,17)18/h12-14H,3-11,16H2,1-2H3. The first-order valence-electron chi connectivity index (χ1n) is 7.89. The smallest absolute Gasteiger partial charge is 0.150 e. The van der Waals surface area contributed by atoms with E-state index in [0.29, 0.717) is 6.42 Å². The fourth-order valence-corrected chi connectivity index (χ4v) is 5.34. The zero-order valence-electron chi connectivity index (χ0n) is 12.8. The summed E-state index contributed by atoms with van der Waals surface area (Å²) < 4.78 is 29.5. The molecule has 0 saturated heterocycles. The first kappa shape index (κ1) is 16.2. The van der Waals surface area contributed by atoms with E-state index in [9.17, 15) is 8.42 Å². The lowest BCUT2D eigenvalue weighted by atomic mass is 9.71. The van der Waals surface area contributed by atoms with Crippen molar-refractivity contribution in [1.82, 2.24) is 0 Å². The molecular formula is C15H29NO3S. The molecule has 2 saturated carbocycles. The van der Waals surface area contributed by atoms with E-state index >= 15 is 0 Å². The Hall–Kier alpha value is -0.130. The quantitative estimate of drug-likeness (QED) is 0.865. The summed E-state index contributed by atoms with van der Waals surface area (Å²) in [5.41, 5.74) is 6.33. The Bertz CT molecular complexity index is 415. The van der Waals surface area contributed by atoms with E-state index in [4.69, 9.17) is 10.5 Å². The monoisotopic (exact) mass is 303 g/mol. The zero-order chi connectivity index (χ0) is 14.8. The second-order valence-electron chi connectivity index (χ2n) is 6.73. The number of sulfone groups is 1. The molecule has 0 aromatic carbocycles. The minimum Gasteiger partial charge on any atom is -0.377 e. The summed E-state index contributed by atoms with van der Waals surface area (Å²) in [4.78, 5) is 0. The highest BCUT2D eigenvalue weighted by molar-refractivity contribution is 7.91. The summed E-state index contributed by atoms with van der Waals surface area (Å²) in [6.07, 6.45) is 10.5. The average molecular weight is 303 g/mol. The third kappa shape index (κ3) is 3.37. The van der Waals surface area contributed by atoms with Gasteiger partial charge in [0.1, 0.15) is 9.84 Å². The van der Waals surface area contributed by atoms with Gasteiger partial charge in [0, 0.05) is 19.4 Å². The van der Waals surface area contributed by atoms with Crippen LogP contribution in [0, 0.1) is 5.92 Å². The Balaban J connectivity index is 2.09. The van der Waals surface area contributed by atoms with Crippen LogP contribution in [0.15, 0.2) is 0 Å². The minimum absolute atomic E-state index is 0.0302. The SMILES string of the molecule is COC1(C(N)C2CCCC(S(C)(=O)=O)C2)CCCCC1. The van der Waals surface area contributed by atoms with Gasteiger partial charge >= 0.3 is 0 Å². The van der Waals surface area contributed by atoms with Crippen molar-refractivity contribution in [2.24, 2.45) is 11.7 Å². The van der Waals surface area contributed by atoms with E-state index in [1.54, 1.807) is 7.11 Å². The van der Waals surface area contributed by atoms with Gasteiger partial charge in [0.05, 0.1) is 10.9 Å². The van der Waals surface area contributed by atoms with Crippen LogP contribution in [0.3, 0.4) is 0 Å². The van der Waals surface area contributed by atoms with Crippen LogP contribution in [0.5, 0.6) is 0 Å². The van der Waals surface area contributed by atoms with Crippen LogP contribution in [0.25, 0.3) is 0 Å². The number of rotatable bonds is 4. The molecule has 0 aliphatic heterocycles. The number of ether oxygens (including phenoxy) is 1. The van der Waals surface area contributed by atoms with Crippen LogP contribution in [-0.4, -0.2) is 38.7 Å². The molecule has 0 aromatic rings. The number of hydrogen-bond acceptors (Lipinski definition) is 4. The Morgan fingerprint density at radius 2 is 1.80 bits per heavy atom. The maximum Gasteiger partial charge on any atom is 0.150 e. The summed E-state index contributed by atoms with van der Waals surface area (Å²) in [6, 6.07) is -0.0302. The van der Waals surface area contributed by atoms with E-state index in [1.807, 2.05) is 0 Å². The van der Waals surface area contributed by atoms with Crippen molar-refractivity contribution in [3.8, 4) is 0 Å². The first-order valence-corrected chi connectivity index (χ1v) is 9.84. The fourth-order valence-electron chi connectivity index (χ4n) is 4.15. The Morgan fingerprint density at radius 3 is 2.35 bits per heavy atom. The summed E-state index contributed by atoms with van der Waals surface area (Å²) in [7, 11) is -1.18. The molecule has 2 aliphatic carbocycles. The highest BCUT2D eigenvalue weighted by Gasteiger charge is 2.44. The van der Waals surface area contributed by atoms with Gasteiger partial charge in [-0.15, -0.1) is 0 Å². The van der Waals surface area contributed by atoms with Crippen molar-refractivity contribution >= 4 is 9.84 Å². The van der Waals surface area contributed by atoms with Gasteiger partial charge in [-0.05, 0) is 38.0 Å². The van der Waals surface area contributed by atoms with Crippen molar-refractivity contribution in [1.29, 1.82) is 0 Å². The number of hydrogen-bond donors (Lipinski definition) is 1. The topological polar surface area (TPSA) is 69.4 Å². The second-order valence-corrected chi connectivity index (χ2v) is 9.06. The number of nitrogens with two attached hydrogens (primary N) is 1. The predicted molar refractivity (Wildman–Crippen MR) is 81.4 cm³/mol. The average Bonchev–Trinajstić information content (AvgIpc) is 2.46. The maximum absolute atomic E-state index is 11.8. The van der Waals surface area contributed by atoms with Crippen molar-refractivity contribution in [3.63, 3.8) is 0 Å². The lowest BCUT2D eigenvalue weighted by Crippen LogP contribution is -2.55. The molecule has 0 aromatic heterocycles. The van der Waals surface area contributed by atoms with Gasteiger partial charge in [0.15, 0.2) is 0 Å². The molecule has 0 spiro atoms. The Labute approximate surface area is 123 Å². The van der Waals surface area contributed by atoms with Crippen LogP contribution in [0.1, 0.15) is 57.8 Å². The molecule has 0 radical (unpaired) electrons. The van der Waals surface area contributed by atoms with Crippen molar-refractivity contribution in [2.45, 2.75) is 74.7 Å². The van der Waals surface area contributed by atoms with E-state index in [-0.39, 0.29) is 22.8 Å². The highest BCUT2D eigenvalue weighted by Crippen LogP contribution is 2.40. The minimum atomic E-state index is -2.95. The summed E-state index contributed by atoms with van der Waals surface area (Å²) in [5, 5.41) is -0.204. The summed E-state index contributed by atoms with van der Waals surface area (Å²) in [6.45, 7) is 0. The molecule has 20 heavy (non-hydrogen) atoms. The third-order valence-electron chi connectivity index (χ3n) is 5.49. The lowest BCUT2D eigenvalue weighted by molar-refractivity contribution is -0.0746. The molecule has 3 unspecified atom stereocenters. The molecule has 5 heteroatoms. The third-order valence-corrected chi connectivity index (χ3v) is 7.13. The summed E-state index contributed by atoms with van der Waals surface area (Å²) in [5.74, 6) is 0.279. The van der Waals surface area contributed by atoms with Crippen molar-refractivity contribution in [3.05, 3.63) is 0 Å². The van der Waals surface area contributed by atoms with Gasteiger partial charge in [-0.2, -0.15) is 0 Å². The van der Waals surface area contributed by atoms with Gasteiger partial charge in [0.2, 0.25) is 0 Å². The van der Waals surface area contributed by atoms with Crippen molar-refractivity contribution < 1.29 is 13.2 Å². The van der Waals surface area contributed by atoms with E-state index < -0.39 is 9.84 Å². The molecule has 2 fully saturated rings. The predicted octanol–water partition coefficient (Wildman–Crippen LogP) is 2.27. The van der Waals surface area contributed by atoms with Crippen LogP contribution in [0.4, 0.5) is 0 Å². The highest BCUT2D eigenvalue weighted by atomic mass is 32.2. The fraction of sp³-hybridized carbons (Fsp3) is 1.00. The second kappa shape index (κ2) is 6.32. The number of methoxy groups -OCH3 is 1. The molecule has 118 valence electrons. The van der Waals surface area contributed by atoms with Gasteiger partial charge in [-0.25, -0.2) is 8.42 Å². The molecule has 2 rings (SSSR count). The van der Waals surface area contributed by atoms with Gasteiger partial charge in [-0.1, -0.05) is 25.7 Å². The first-order chi connectivity index (χ1) is 9.39. The van der Waals surface area contributed by atoms with Crippen LogP contribution in [0.2, 0.25) is 0 Å². The van der Waals surface area contributed by atoms with Gasteiger partial charge in [-0.3, -0.25) is 0 Å². The molecular weight excluding hydrogens is 274 g/mol. The molecule has 2 N–H and O–H groups in total. The molecule has 2 aliphatic rings. The van der Waals surface area contributed by atoms with Crippen molar-refractivity contribution in [2.75, 3.05) is 13.4 Å². The summed E-state index contributed by atoms with van der Waals surface area (Å²) >= 11 is 0. The maximum atomic E-state index is 11.8. The molecule has 4 nitrogen and oxygen atoms in total. The molecule has 3 atom stereocenters. The normalized spacial score (nSPS) is 32.8. The largest absolute Gasteiger partial charge is 0.377 e. The van der Waals surface area contributed by atoms with Crippen LogP contribution in [-0.2, 0) is 14.6 Å².